The highest BCUT2D eigenvalue weighted by molar-refractivity contribution is 7.87. The van der Waals surface area contributed by atoms with Crippen molar-refractivity contribution in [3.8, 4) is 0 Å². The number of carbonyl (C=O) groups is 1. The molecule has 1 heterocycles. The van der Waals surface area contributed by atoms with Crippen LogP contribution in [0.5, 0.6) is 0 Å². The van der Waals surface area contributed by atoms with Crippen molar-refractivity contribution < 1.29 is 17.9 Å². The Morgan fingerprint density at radius 2 is 2.21 bits per heavy atom. The van der Waals surface area contributed by atoms with Gasteiger partial charge in [-0.15, -0.1) is 0 Å². The van der Waals surface area contributed by atoms with Gasteiger partial charge in [0.05, 0.1) is 12.5 Å². The summed E-state index contributed by atoms with van der Waals surface area (Å²) < 4.78 is 32.8. The van der Waals surface area contributed by atoms with E-state index >= 15 is 0 Å². The molecule has 0 aromatic heterocycles. The molecule has 0 radical (unpaired) electrons. The van der Waals surface area contributed by atoms with Gasteiger partial charge in [-0.2, -0.15) is 17.4 Å². The third-order valence-corrected chi connectivity index (χ3v) is 4.42. The third kappa shape index (κ3) is 4.93. The number of ether oxygens (including phenoxy) is 1. The Hall–Kier alpha value is -0.920. The number of hydrogen-bond donors (Lipinski definition) is 1. The smallest absolute Gasteiger partial charge is 0.310 e. The minimum Gasteiger partial charge on any atom is -0.466 e. The molecule has 0 spiro atoms. The topological polar surface area (TPSA) is 75.7 Å². The van der Waals surface area contributed by atoms with Crippen LogP contribution in [-0.2, 0) is 19.7 Å². The normalized spacial score (nSPS) is 21.1. The monoisotopic (exact) mass is 290 g/mol. The van der Waals surface area contributed by atoms with Gasteiger partial charge in [-0.05, 0) is 26.7 Å². The lowest BCUT2D eigenvalue weighted by atomic mass is 10.0. The highest BCUT2D eigenvalue weighted by atomic mass is 32.2. The third-order valence-electron chi connectivity index (χ3n) is 2.90. The van der Waals surface area contributed by atoms with E-state index in [1.807, 2.05) is 0 Å². The first-order valence-corrected chi connectivity index (χ1v) is 7.86. The second-order valence-corrected chi connectivity index (χ2v) is 6.49. The highest BCUT2D eigenvalue weighted by Gasteiger charge is 2.32. The molecular weight excluding hydrogens is 268 g/mol. The van der Waals surface area contributed by atoms with Crippen LogP contribution < -0.4 is 4.72 Å². The molecule has 0 aromatic carbocycles. The van der Waals surface area contributed by atoms with Gasteiger partial charge in [0.1, 0.15) is 0 Å². The minimum absolute atomic E-state index is 0.185. The van der Waals surface area contributed by atoms with E-state index in [1.54, 1.807) is 13.8 Å². The van der Waals surface area contributed by atoms with Gasteiger partial charge in [0.15, 0.2) is 0 Å². The summed E-state index contributed by atoms with van der Waals surface area (Å²) in [6.45, 7) is 8.28. The number of nitrogens with zero attached hydrogens (tertiary/aromatic N) is 1. The van der Waals surface area contributed by atoms with E-state index in [2.05, 4.69) is 11.3 Å². The first kappa shape index (κ1) is 16.1. The average Bonchev–Trinajstić information content (AvgIpc) is 2.37. The van der Waals surface area contributed by atoms with Crippen LogP contribution in [0, 0.1) is 5.92 Å². The summed E-state index contributed by atoms with van der Waals surface area (Å²) in [7, 11) is -3.55. The van der Waals surface area contributed by atoms with Gasteiger partial charge in [-0.3, -0.25) is 4.79 Å². The highest BCUT2D eigenvalue weighted by Crippen LogP contribution is 2.19. The summed E-state index contributed by atoms with van der Waals surface area (Å²) in [4.78, 5) is 11.7. The Labute approximate surface area is 115 Å². The predicted octanol–water partition coefficient (Wildman–Crippen LogP) is 0.672. The summed E-state index contributed by atoms with van der Waals surface area (Å²) in [5.74, 6) is -0.683. The Bertz CT molecular complexity index is 433. The summed E-state index contributed by atoms with van der Waals surface area (Å²) in [5, 5.41) is 0. The number of hydrogen-bond acceptors (Lipinski definition) is 4. The molecule has 0 saturated carbocycles. The SMILES string of the molecule is C=C(C)CNS(=O)(=O)N1CCCC(C(=O)OCC)C1. The predicted molar refractivity (Wildman–Crippen MR) is 72.7 cm³/mol. The van der Waals surface area contributed by atoms with Gasteiger partial charge in [0.2, 0.25) is 0 Å². The molecule has 7 heteroatoms. The van der Waals surface area contributed by atoms with E-state index in [-0.39, 0.29) is 25.0 Å². The Balaban J connectivity index is 2.63. The van der Waals surface area contributed by atoms with Crippen molar-refractivity contribution in [3.63, 3.8) is 0 Å². The molecule has 1 aliphatic rings. The largest absolute Gasteiger partial charge is 0.466 e. The zero-order valence-corrected chi connectivity index (χ0v) is 12.3. The Morgan fingerprint density at radius 1 is 1.53 bits per heavy atom. The van der Waals surface area contributed by atoms with Gasteiger partial charge < -0.3 is 4.74 Å². The van der Waals surface area contributed by atoms with E-state index in [1.165, 1.54) is 4.31 Å². The Kier molecular flexibility index (Phi) is 5.96. The van der Waals surface area contributed by atoms with Crippen LogP contribution in [-0.4, -0.2) is 44.9 Å². The number of rotatable bonds is 6. The van der Waals surface area contributed by atoms with Crippen molar-refractivity contribution >= 4 is 16.2 Å². The minimum atomic E-state index is -3.55. The van der Waals surface area contributed by atoms with Crippen LogP contribution in [0.15, 0.2) is 12.2 Å². The van der Waals surface area contributed by atoms with Gasteiger partial charge >= 0.3 is 5.97 Å². The fourth-order valence-electron chi connectivity index (χ4n) is 1.92. The van der Waals surface area contributed by atoms with Gasteiger partial charge in [0.25, 0.3) is 10.2 Å². The fourth-order valence-corrected chi connectivity index (χ4v) is 3.28. The maximum Gasteiger partial charge on any atom is 0.310 e. The lowest BCUT2D eigenvalue weighted by Gasteiger charge is -2.30. The molecule has 1 fully saturated rings. The van der Waals surface area contributed by atoms with E-state index in [9.17, 15) is 13.2 Å². The average molecular weight is 290 g/mol. The lowest BCUT2D eigenvalue weighted by molar-refractivity contribution is -0.149. The standard InChI is InChI=1S/C12H22N2O4S/c1-4-18-12(15)11-6-5-7-14(9-11)19(16,17)13-8-10(2)3/h11,13H,2,4-9H2,1,3H3. The summed E-state index contributed by atoms with van der Waals surface area (Å²) in [6.07, 6.45) is 1.34. The van der Waals surface area contributed by atoms with Crippen molar-refractivity contribution in [1.82, 2.24) is 9.03 Å². The zero-order chi connectivity index (χ0) is 14.5. The van der Waals surface area contributed by atoms with E-state index < -0.39 is 10.2 Å². The molecule has 0 amide bonds. The van der Waals surface area contributed by atoms with Crippen molar-refractivity contribution in [1.29, 1.82) is 0 Å². The molecule has 110 valence electrons. The molecule has 0 aliphatic carbocycles. The second kappa shape index (κ2) is 7.02. The number of carbonyl (C=O) groups excluding carboxylic acids is 1. The fraction of sp³-hybridized carbons (Fsp3) is 0.750. The van der Waals surface area contributed by atoms with Crippen LogP contribution in [0.4, 0.5) is 0 Å². The van der Waals surface area contributed by atoms with Crippen molar-refractivity contribution in [2.75, 3.05) is 26.2 Å². The van der Waals surface area contributed by atoms with Crippen molar-refractivity contribution in [2.45, 2.75) is 26.7 Å². The molecule has 0 aromatic rings. The molecule has 1 aliphatic heterocycles. The Morgan fingerprint density at radius 3 is 2.79 bits per heavy atom. The molecule has 1 unspecified atom stereocenters. The first-order chi connectivity index (χ1) is 8.86. The number of piperidine rings is 1. The van der Waals surface area contributed by atoms with Gasteiger partial charge in [0, 0.05) is 19.6 Å². The lowest BCUT2D eigenvalue weighted by Crippen LogP contribution is -2.47. The van der Waals surface area contributed by atoms with Crippen LogP contribution >= 0.6 is 0 Å². The quantitative estimate of drug-likeness (QED) is 0.576. The first-order valence-electron chi connectivity index (χ1n) is 6.42. The molecular formula is C12H22N2O4S. The number of nitrogens with one attached hydrogen (secondary N) is 1. The van der Waals surface area contributed by atoms with Gasteiger partial charge in [-0.1, -0.05) is 12.2 Å². The molecule has 19 heavy (non-hydrogen) atoms. The molecule has 6 nitrogen and oxygen atoms in total. The summed E-state index contributed by atoms with van der Waals surface area (Å²) >= 11 is 0. The maximum atomic E-state index is 12.0. The number of esters is 1. The maximum absolute atomic E-state index is 12.0. The molecule has 1 N–H and O–H groups in total. The molecule has 1 atom stereocenters. The molecule has 1 rings (SSSR count). The molecule has 1 saturated heterocycles. The van der Waals surface area contributed by atoms with Crippen molar-refractivity contribution in [2.24, 2.45) is 5.92 Å². The van der Waals surface area contributed by atoms with Crippen LogP contribution in [0.25, 0.3) is 0 Å². The van der Waals surface area contributed by atoms with Crippen molar-refractivity contribution in [3.05, 3.63) is 12.2 Å². The van der Waals surface area contributed by atoms with Crippen LogP contribution in [0.3, 0.4) is 0 Å². The van der Waals surface area contributed by atoms with Gasteiger partial charge in [-0.25, -0.2) is 0 Å². The summed E-state index contributed by atoms with van der Waals surface area (Å²) in [6, 6.07) is 0. The van der Waals surface area contributed by atoms with E-state index in [0.717, 1.165) is 5.57 Å². The zero-order valence-electron chi connectivity index (χ0n) is 11.5. The summed E-state index contributed by atoms with van der Waals surface area (Å²) in [5.41, 5.74) is 0.738. The van der Waals surface area contributed by atoms with Crippen LogP contribution in [0.2, 0.25) is 0 Å². The van der Waals surface area contributed by atoms with E-state index in [4.69, 9.17) is 4.74 Å². The molecule has 0 bridgehead atoms. The second-order valence-electron chi connectivity index (χ2n) is 4.73. The van der Waals surface area contributed by atoms with Crippen LogP contribution in [0.1, 0.15) is 26.7 Å². The van der Waals surface area contributed by atoms with E-state index in [0.29, 0.717) is 26.0 Å².